The van der Waals surface area contributed by atoms with E-state index in [0.29, 0.717) is 30.5 Å². The molecule has 0 aromatic heterocycles. The van der Waals surface area contributed by atoms with Gasteiger partial charge in [0.1, 0.15) is 0 Å². The summed E-state index contributed by atoms with van der Waals surface area (Å²) in [6.45, 7) is 0.445. The van der Waals surface area contributed by atoms with Gasteiger partial charge in [-0.3, -0.25) is 14.4 Å². The molecule has 4 rings (SSSR count). The van der Waals surface area contributed by atoms with Crippen molar-refractivity contribution in [2.45, 2.75) is 37.8 Å². The van der Waals surface area contributed by atoms with E-state index >= 15 is 0 Å². The number of esters is 1. The lowest BCUT2D eigenvalue weighted by molar-refractivity contribution is -0.144. The third kappa shape index (κ3) is 5.45. The van der Waals surface area contributed by atoms with Gasteiger partial charge in [0.2, 0.25) is 5.91 Å². The number of hydrogen-bond acceptors (Lipinski definition) is 6. The van der Waals surface area contributed by atoms with Crippen molar-refractivity contribution >= 4 is 28.4 Å². The number of ketones is 1. The first-order valence-corrected chi connectivity index (χ1v) is 12.1. The molecule has 1 unspecified atom stereocenters. The number of benzene rings is 3. The molecule has 0 radical (unpaired) electrons. The fourth-order valence-electron chi connectivity index (χ4n) is 4.92. The molecule has 0 aliphatic carbocycles. The van der Waals surface area contributed by atoms with E-state index in [1.54, 1.807) is 29.2 Å². The number of aryl methyl sites for hydroxylation is 1. The van der Waals surface area contributed by atoms with Gasteiger partial charge in [0, 0.05) is 12.1 Å². The molecule has 7 heteroatoms. The second kappa shape index (κ2) is 11.1. The molecule has 1 fully saturated rings. The molecule has 1 heterocycles. The Morgan fingerprint density at radius 1 is 1.11 bits per heavy atom. The monoisotopic (exact) mass is 483 g/mol. The van der Waals surface area contributed by atoms with Gasteiger partial charge in [-0.2, -0.15) is 5.26 Å². The average Bonchev–Trinajstić information content (AvgIpc) is 3.22. The van der Waals surface area contributed by atoms with E-state index in [1.165, 1.54) is 12.7 Å². The van der Waals surface area contributed by atoms with Crippen molar-refractivity contribution in [3.05, 3.63) is 83.4 Å². The number of nitrogens with zero attached hydrogens (tertiary/aromatic N) is 2. The molecular weight excluding hydrogens is 454 g/mol. The van der Waals surface area contributed by atoms with Gasteiger partial charge in [-0.15, -0.1) is 0 Å². The van der Waals surface area contributed by atoms with Crippen LogP contribution in [0.1, 0.15) is 40.7 Å². The van der Waals surface area contributed by atoms with Crippen molar-refractivity contribution in [2.24, 2.45) is 11.7 Å². The van der Waals surface area contributed by atoms with Crippen molar-refractivity contribution in [1.82, 2.24) is 4.90 Å². The van der Waals surface area contributed by atoms with E-state index in [9.17, 15) is 19.6 Å². The third-order valence-corrected chi connectivity index (χ3v) is 6.88. The molecule has 3 atom stereocenters. The Kier molecular flexibility index (Phi) is 7.77. The van der Waals surface area contributed by atoms with E-state index in [2.05, 4.69) is 6.07 Å². The van der Waals surface area contributed by atoms with Crippen molar-refractivity contribution in [3.8, 4) is 6.07 Å². The van der Waals surface area contributed by atoms with Crippen molar-refractivity contribution in [3.63, 3.8) is 0 Å². The van der Waals surface area contributed by atoms with Crippen LogP contribution in [0.2, 0.25) is 0 Å². The highest BCUT2D eigenvalue weighted by atomic mass is 16.5. The zero-order valence-electron chi connectivity index (χ0n) is 20.2. The van der Waals surface area contributed by atoms with Crippen LogP contribution in [-0.4, -0.2) is 48.3 Å². The number of fused-ring (bicyclic) bond motifs is 1. The minimum atomic E-state index is -0.940. The Bertz CT molecular complexity index is 1320. The van der Waals surface area contributed by atoms with Crippen LogP contribution in [0, 0.1) is 17.2 Å². The number of nitrogens with two attached hydrogens (primary N) is 1. The molecule has 3 aromatic carbocycles. The number of methoxy groups -OCH3 is 1. The molecule has 0 saturated carbocycles. The molecule has 36 heavy (non-hydrogen) atoms. The molecule has 1 amide bonds. The maximum atomic E-state index is 13.4. The van der Waals surface area contributed by atoms with Gasteiger partial charge in [-0.05, 0) is 53.8 Å². The molecule has 2 N–H and O–H groups in total. The van der Waals surface area contributed by atoms with Gasteiger partial charge in [0.15, 0.2) is 5.78 Å². The quantitative estimate of drug-likeness (QED) is 0.367. The first-order chi connectivity index (χ1) is 17.4. The summed E-state index contributed by atoms with van der Waals surface area (Å²) < 4.78 is 4.78. The number of carbonyl (C=O) groups is 3. The summed E-state index contributed by atoms with van der Waals surface area (Å²) in [5, 5.41) is 10.9. The van der Waals surface area contributed by atoms with Gasteiger partial charge < -0.3 is 15.4 Å². The lowest BCUT2D eigenvalue weighted by atomic mass is 9.92. The first kappa shape index (κ1) is 25.1. The minimum absolute atomic E-state index is 0.0329. The normalized spacial score (nSPS) is 18.1. The number of amides is 1. The second-order valence-corrected chi connectivity index (χ2v) is 9.18. The number of likely N-dealkylation sites (tertiary alicyclic amines) is 1. The molecule has 3 aromatic rings. The zero-order chi connectivity index (χ0) is 25.7. The first-order valence-electron chi connectivity index (χ1n) is 12.1. The van der Waals surface area contributed by atoms with E-state index < -0.39 is 24.0 Å². The Morgan fingerprint density at radius 2 is 1.86 bits per heavy atom. The summed E-state index contributed by atoms with van der Waals surface area (Å²) in [6, 6.07) is 21.2. The van der Waals surface area contributed by atoms with E-state index in [0.717, 1.165) is 17.2 Å². The maximum Gasteiger partial charge on any atom is 0.306 e. The summed E-state index contributed by atoms with van der Waals surface area (Å²) in [7, 11) is 1.30. The fourth-order valence-corrected chi connectivity index (χ4v) is 4.92. The van der Waals surface area contributed by atoms with Crippen LogP contribution in [0.15, 0.2) is 66.7 Å². The van der Waals surface area contributed by atoms with Gasteiger partial charge in [-0.25, -0.2) is 0 Å². The van der Waals surface area contributed by atoms with Crippen molar-refractivity contribution < 1.29 is 19.1 Å². The van der Waals surface area contributed by atoms with Crippen LogP contribution in [0.4, 0.5) is 0 Å². The number of hydrogen-bond donors (Lipinski definition) is 1. The number of rotatable bonds is 9. The Balaban J connectivity index is 1.54. The lowest BCUT2D eigenvalue weighted by Gasteiger charge is -2.29. The SMILES string of the molecule is COC(=O)C[C@@H]1C[C@@H](C(N)C(=O)c2ccc3ccc(C#N)cc3c2)N(CCCc2ccccc2)C1=O. The molecule has 0 bridgehead atoms. The highest BCUT2D eigenvalue weighted by Crippen LogP contribution is 2.31. The smallest absolute Gasteiger partial charge is 0.306 e. The summed E-state index contributed by atoms with van der Waals surface area (Å²) >= 11 is 0. The van der Waals surface area contributed by atoms with Crippen molar-refractivity contribution in [1.29, 1.82) is 5.26 Å². The standard InChI is InChI=1S/C29H29N3O4/c1-36-26(33)17-24-16-25(32(29(24)35)13-5-8-19-6-3-2-4-7-19)27(31)28(34)22-12-11-21-10-9-20(18-30)14-23(21)15-22/h2-4,6-7,9-12,14-15,24-25,27H,5,8,13,16-17,31H2,1H3/t24-,25-,27?/m0/s1. The highest BCUT2D eigenvalue weighted by molar-refractivity contribution is 6.04. The molecule has 1 aliphatic rings. The van der Waals surface area contributed by atoms with Crippen LogP contribution in [0.25, 0.3) is 10.8 Å². The maximum absolute atomic E-state index is 13.4. The van der Waals surface area contributed by atoms with Crippen LogP contribution >= 0.6 is 0 Å². The number of ether oxygens (including phenoxy) is 1. The number of Topliss-reactive ketones (excluding diaryl/α,β-unsaturated/α-hetero) is 1. The molecule has 1 aliphatic heterocycles. The number of carbonyl (C=O) groups excluding carboxylic acids is 3. The average molecular weight is 484 g/mol. The molecule has 0 spiro atoms. The molecular formula is C29H29N3O4. The van der Waals surface area contributed by atoms with Crippen LogP contribution in [-0.2, 0) is 20.7 Å². The Morgan fingerprint density at radius 3 is 2.58 bits per heavy atom. The van der Waals surface area contributed by atoms with Gasteiger partial charge >= 0.3 is 5.97 Å². The second-order valence-electron chi connectivity index (χ2n) is 9.18. The van der Waals surface area contributed by atoms with Crippen molar-refractivity contribution in [2.75, 3.05) is 13.7 Å². The summed E-state index contributed by atoms with van der Waals surface area (Å²) in [6.07, 6.45) is 1.78. The van der Waals surface area contributed by atoms with E-state index in [1.807, 2.05) is 42.5 Å². The Hall–Kier alpha value is -4.02. The number of nitriles is 1. The molecule has 1 saturated heterocycles. The highest BCUT2D eigenvalue weighted by Gasteiger charge is 2.44. The lowest BCUT2D eigenvalue weighted by Crippen LogP contribution is -2.50. The van der Waals surface area contributed by atoms with Crippen LogP contribution < -0.4 is 5.73 Å². The van der Waals surface area contributed by atoms with Crippen LogP contribution in [0.3, 0.4) is 0 Å². The largest absolute Gasteiger partial charge is 0.469 e. The van der Waals surface area contributed by atoms with Gasteiger partial charge in [-0.1, -0.05) is 48.5 Å². The molecule has 184 valence electrons. The predicted molar refractivity (Wildman–Crippen MR) is 136 cm³/mol. The van der Waals surface area contributed by atoms with E-state index in [4.69, 9.17) is 10.5 Å². The predicted octanol–water partition coefficient (Wildman–Crippen LogP) is 3.63. The fraction of sp³-hybridized carbons (Fsp3) is 0.310. The zero-order valence-corrected chi connectivity index (χ0v) is 20.2. The topological polar surface area (TPSA) is 113 Å². The molecule has 7 nitrogen and oxygen atoms in total. The summed E-state index contributed by atoms with van der Waals surface area (Å²) in [4.78, 5) is 40.3. The summed E-state index contributed by atoms with van der Waals surface area (Å²) in [5.41, 5.74) is 8.61. The minimum Gasteiger partial charge on any atom is -0.469 e. The van der Waals surface area contributed by atoms with E-state index in [-0.39, 0.29) is 18.1 Å². The summed E-state index contributed by atoms with van der Waals surface area (Å²) in [5.74, 6) is -1.46. The van der Waals surface area contributed by atoms with Gasteiger partial charge in [0.05, 0.1) is 43.2 Å². The third-order valence-electron chi connectivity index (χ3n) is 6.88. The van der Waals surface area contributed by atoms with Crippen LogP contribution in [0.5, 0.6) is 0 Å². The Labute approximate surface area is 210 Å². The van der Waals surface area contributed by atoms with Gasteiger partial charge in [0.25, 0.3) is 0 Å².